The minimum atomic E-state index is -0.291. The van der Waals surface area contributed by atoms with Crippen LogP contribution >= 0.6 is 0 Å². The molecular weight excluding hydrogens is 155 g/mol. The van der Waals surface area contributed by atoms with E-state index in [1.807, 2.05) is 0 Å². The van der Waals surface area contributed by atoms with E-state index in [-0.39, 0.29) is 17.5 Å². The predicted octanol–water partition coefficient (Wildman–Crippen LogP) is 2.52. The highest BCUT2D eigenvalue weighted by atomic mass is 19.1. The molecule has 0 unspecified atom stereocenters. The van der Waals surface area contributed by atoms with Gasteiger partial charge in [0.15, 0.2) is 0 Å². The van der Waals surface area contributed by atoms with Gasteiger partial charge in [0, 0.05) is 5.92 Å². The molecule has 0 fully saturated rings. The number of halogens is 1. The van der Waals surface area contributed by atoms with Crippen LogP contribution in [0, 0.1) is 5.82 Å². The van der Waals surface area contributed by atoms with Crippen LogP contribution in [0.3, 0.4) is 0 Å². The lowest BCUT2D eigenvalue weighted by atomic mass is 9.98. The Labute approximate surface area is 71.2 Å². The lowest BCUT2D eigenvalue weighted by molar-refractivity contribution is -0.118. The molecule has 0 spiro atoms. The Kier molecular flexibility index (Phi) is 2.58. The fraction of sp³-hybridized carbons (Fsp3) is 0.300. The molecular formula is C10H11FO. The van der Waals surface area contributed by atoms with Gasteiger partial charge in [-0.05, 0) is 24.6 Å². The zero-order valence-electron chi connectivity index (χ0n) is 7.17. The lowest BCUT2D eigenvalue weighted by Gasteiger charge is -2.06. The second kappa shape index (κ2) is 3.48. The molecule has 12 heavy (non-hydrogen) atoms. The van der Waals surface area contributed by atoms with Gasteiger partial charge < -0.3 is 0 Å². The van der Waals surface area contributed by atoms with Gasteiger partial charge in [-0.3, -0.25) is 4.79 Å². The molecule has 0 aliphatic rings. The first-order valence-electron chi connectivity index (χ1n) is 3.87. The van der Waals surface area contributed by atoms with Crippen LogP contribution in [0.15, 0.2) is 24.3 Å². The van der Waals surface area contributed by atoms with Crippen LogP contribution in [0.1, 0.15) is 25.3 Å². The van der Waals surface area contributed by atoms with E-state index in [0.717, 1.165) is 5.56 Å². The highest BCUT2D eigenvalue weighted by molar-refractivity contribution is 5.82. The summed E-state index contributed by atoms with van der Waals surface area (Å²) in [6.45, 7) is 3.28. The summed E-state index contributed by atoms with van der Waals surface area (Å²) in [5.41, 5.74) is 0.738. The van der Waals surface area contributed by atoms with Crippen LogP contribution in [-0.2, 0) is 4.79 Å². The van der Waals surface area contributed by atoms with Gasteiger partial charge in [-0.25, -0.2) is 4.39 Å². The first kappa shape index (κ1) is 8.91. The quantitative estimate of drug-likeness (QED) is 0.659. The van der Waals surface area contributed by atoms with Gasteiger partial charge in [-0.1, -0.05) is 19.1 Å². The number of ketones is 1. The number of hydrogen-bond donors (Lipinski definition) is 0. The van der Waals surface area contributed by atoms with Crippen molar-refractivity contribution < 1.29 is 9.18 Å². The number of carbonyl (C=O) groups is 1. The molecule has 0 aliphatic heterocycles. The Morgan fingerprint density at radius 2 is 2.17 bits per heavy atom. The van der Waals surface area contributed by atoms with Gasteiger partial charge >= 0.3 is 0 Å². The number of hydrogen-bond acceptors (Lipinski definition) is 1. The van der Waals surface area contributed by atoms with Crippen molar-refractivity contribution in [2.75, 3.05) is 0 Å². The third-order valence-electron chi connectivity index (χ3n) is 1.96. The van der Waals surface area contributed by atoms with Crippen molar-refractivity contribution >= 4 is 5.78 Å². The standard InChI is InChI=1S/C10H11FO/c1-7(8(2)12)9-4-3-5-10(11)6-9/h3-7H,1-2H3/t7-/m0/s1. The number of benzene rings is 1. The minimum Gasteiger partial charge on any atom is -0.299 e. The summed E-state index contributed by atoms with van der Waals surface area (Å²) < 4.78 is 12.7. The normalized spacial score (nSPS) is 12.6. The van der Waals surface area contributed by atoms with Crippen molar-refractivity contribution in [2.45, 2.75) is 19.8 Å². The molecule has 1 atom stereocenters. The Bertz CT molecular complexity index is 294. The monoisotopic (exact) mass is 166 g/mol. The molecule has 0 aromatic heterocycles. The zero-order chi connectivity index (χ0) is 9.14. The van der Waals surface area contributed by atoms with E-state index in [0.29, 0.717) is 0 Å². The number of Topliss-reactive ketones (excluding diaryl/α,β-unsaturated/α-hetero) is 1. The Balaban J connectivity index is 2.95. The molecule has 0 bridgehead atoms. The second-order valence-corrected chi connectivity index (χ2v) is 2.89. The van der Waals surface area contributed by atoms with Gasteiger partial charge in [0.2, 0.25) is 0 Å². The van der Waals surface area contributed by atoms with Crippen molar-refractivity contribution in [3.8, 4) is 0 Å². The van der Waals surface area contributed by atoms with Gasteiger partial charge in [0.25, 0.3) is 0 Å². The van der Waals surface area contributed by atoms with Crippen molar-refractivity contribution in [1.82, 2.24) is 0 Å². The molecule has 0 saturated carbocycles. The Morgan fingerprint density at radius 1 is 1.50 bits per heavy atom. The van der Waals surface area contributed by atoms with E-state index in [1.165, 1.54) is 19.1 Å². The first-order valence-corrected chi connectivity index (χ1v) is 3.87. The number of carbonyl (C=O) groups excluding carboxylic acids is 1. The predicted molar refractivity (Wildman–Crippen MR) is 45.5 cm³/mol. The maximum Gasteiger partial charge on any atom is 0.136 e. The fourth-order valence-electron chi connectivity index (χ4n) is 1.01. The van der Waals surface area contributed by atoms with E-state index in [1.54, 1.807) is 19.1 Å². The van der Waals surface area contributed by atoms with Gasteiger partial charge in [0.05, 0.1) is 0 Å². The van der Waals surface area contributed by atoms with Gasteiger partial charge in [0.1, 0.15) is 11.6 Å². The number of rotatable bonds is 2. The van der Waals surface area contributed by atoms with E-state index >= 15 is 0 Å². The average molecular weight is 166 g/mol. The summed E-state index contributed by atoms with van der Waals surface area (Å²) in [6.07, 6.45) is 0. The summed E-state index contributed by atoms with van der Waals surface area (Å²) in [5.74, 6) is -0.443. The highest BCUT2D eigenvalue weighted by Gasteiger charge is 2.10. The molecule has 0 radical (unpaired) electrons. The van der Waals surface area contributed by atoms with Crippen molar-refractivity contribution in [3.05, 3.63) is 35.6 Å². The molecule has 64 valence electrons. The molecule has 1 rings (SSSR count). The van der Waals surface area contributed by atoms with Crippen molar-refractivity contribution in [3.63, 3.8) is 0 Å². The van der Waals surface area contributed by atoms with Gasteiger partial charge in [-0.2, -0.15) is 0 Å². The smallest absolute Gasteiger partial charge is 0.136 e. The van der Waals surface area contributed by atoms with E-state index in [2.05, 4.69) is 0 Å². The zero-order valence-corrected chi connectivity index (χ0v) is 7.17. The Hall–Kier alpha value is -1.18. The summed E-state index contributed by atoms with van der Waals surface area (Å²) in [5, 5.41) is 0. The molecule has 1 aromatic carbocycles. The minimum absolute atomic E-state index is 0.0561. The molecule has 1 aromatic rings. The summed E-state index contributed by atoms with van der Waals surface area (Å²) >= 11 is 0. The van der Waals surface area contributed by atoms with Crippen LogP contribution in [0.4, 0.5) is 4.39 Å². The Morgan fingerprint density at radius 3 is 2.67 bits per heavy atom. The molecule has 0 heterocycles. The third-order valence-corrected chi connectivity index (χ3v) is 1.96. The molecule has 1 nitrogen and oxygen atoms in total. The molecule has 2 heteroatoms. The second-order valence-electron chi connectivity index (χ2n) is 2.89. The molecule has 0 aliphatic carbocycles. The van der Waals surface area contributed by atoms with E-state index in [9.17, 15) is 9.18 Å². The van der Waals surface area contributed by atoms with Crippen LogP contribution in [0.5, 0.6) is 0 Å². The summed E-state index contributed by atoms with van der Waals surface area (Å²) in [6, 6.07) is 6.14. The average Bonchev–Trinajstić information content (AvgIpc) is 2.03. The highest BCUT2D eigenvalue weighted by Crippen LogP contribution is 2.16. The van der Waals surface area contributed by atoms with Crippen molar-refractivity contribution in [2.24, 2.45) is 0 Å². The lowest BCUT2D eigenvalue weighted by Crippen LogP contribution is -2.04. The van der Waals surface area contributed by atoms with Gasteiger partial charge in [-0.15, -0.1) is 0 Å². The van der Waals surface area contributed by atoms with Crippen LogP contribution in [0.25, 0.3) is 0 Å². The largest absolute Gasteiger partial charge is 0.299 e. The SMILES string of the molecule is CC(=O)[C@H](C)c1cccc(F)c1. The van der Waals surface area contributed by atoms with Crippen molar-refractivity contribution in [1.29, 1.82) is 0 Å². The maximum atomic E-state index is 12.7. The maximum absolute atomic E-state index is 12.7. The molecule has 0 saturated heterocycles. The van der Waals surface area contributed by atoms with E-state index in [4.69, 9.17) is 0 Å². The van der Waals surface area contributed by atoms with Crippen LogP contribution < -0.4 is 0 Å². The molecule has 0 N–H and O–H groups in total. The van der Waals surface area contributed by atoms with E-state index < -0.39 is 0 Å². The topological polar surface area (TPSA) is 17.1 Å². The first-order chi connectivity index (χ1) is 5.61. The summed E-state index contributed by atoms with van der Waals surface area (Å²) in [4.78, 5) is 10.9. The summed E-state index contributed by atoms with van der Waals surface area (Å²) in [7, 11) is 0. The van der Waals surface area contributed by atoms with Crippen LogP contribution in [0.2, 0.25) is 0 Å². The fourth-order valence-corrected chi connectivity index (χ4v) is 1.01. The van der Waals surface area contributed by atoms with Crippen LogP contribution in [-0.4, -0.2) is 5.78 Å². The third kappa shape index (κ3) is 1.91. The molecule has 0 amide bonds.